The number of hydrogen-bond acceptors (Lipinski definition) is 4. The maximum absolute atomic E-state index is 11.4. The molecular weight excluding hydrogens is 182 g/mol. The zero-order valence-electron chi connectivity index (χ0n) is 7.60. The van der Waals surface area contributed by atoms with E-state index in [9.17, 15) is 4.79 Å². The van der Waals surface area contributed by atoms with Crippen molar-refractivity contribution in [2.75, 3.05) is 5.73 Å². The van der Waals surface area contributed by atoms with E-state index in [4.69, 9.17) is 10.2 Å². The number of aromatic nitrogens is 2. The Bertz CT molecular complexity index is 499. The normalized spacial score (nSPS) is 10.4. The van der Waals surface area contributed by atoms with Gasteiger partial charge in [0, 0.05) is 7.05 Å². The Balaban J connectivity index is 2.68. The van der Waals surface area contributed by atoms with E-state index in [1.165, 1.54) is 17.1 Å². The summed E-state index contributed by atoms with van der Waals surface area (Å²) in [4.78, 5) is 11.4. The summed E-state index contributed by atoms with van der Waals surface area (Å²) in [6.07, 6.45) is 3.03. The van der Waals surface area contributed by atoms with Crippen molar-refractivity contribution in [3.05, 3.63) is 34.9 Å². The molecule has 0 spiro atoms. The monoisotopic (exact) mass is 191 g/mol. The Hall–Kier alpha value is -2.04. The van der Waals surface area contributed by atoms with Crippen molar-refractivity contribution in [2.24, 2.45) is 7.05 Å². The Morgan fingerprint density at radius 1 is 1.57 bits per heavy atom. The number of rotatable bonds is 1. The molecule has 5 heteroatoms. The van der Waals surface area contributed by atoms with Crippen LogP contribution in [0.4, 0.5) is 5.69 Å². The molecule has 0 fully saturated rings. The van der Waals surface area contributed by atoms with Crippen LogP contribution < -0.4 is 11.3 Å². The fourth-order valence-corrected chi connectivity index (χ4v) is 1.18. The summed E-state index contributed by atoms with van der Waals surface area (Å²) in [6, 6.07) is 3.46. The topological polar surface area (TPSA) is 74.1 Å². The van der Waals surface area contributed by atoms with E-state index >= 15 is 0 Å². The fourth-order valence-electron chi connectivity index (χ4n) is 1.18. The number of anilines is 1. The molecule has 0 aliphatic rings. The first-order valence-electron chi connectivity index (χ1n) is 4.06. The second-order valence-electron chi connectivity index (χ2n) is 2.88. The molecule has 0 radical (unpaired) electrons. The highest BCUT2D eigenvalue weighted by atomic mass is 16.3. The molecule has 2 heterocycles. The number of nitrogen functional groups attached to an aromatic ring is 1. The van der Waals surface area contributed by atoms with Crippen LogP contribution in [-0.4, -0.2) is 9.78 Å². The highest BCUT2D eigenvalue weighted by Gasteiger charge is 2.09. The van der Waals surface area contributed by atoms with E-state index in [2.05, 4.69) is 5.10 Å². The lowest BCUT2D eigenvalue weighted by atomic mass is 10.2. The summed E-state index contributed by atoms with van der Waals surface area (Å²) in [5.74, 6) is 0.549. The molecule has 2 aromatic rings. The molecule has 72 valence electrons. The molecule has 0 saturated carbocycles. The van der Waals surface area contributed by atoms with Crippen LogP contribution in [0.25, 0.3) is 11.3 Å². The third kappa shape index (κ3) is 1.19. The van der Waals surface area contributed by atoms with Gasteiger partial charge in [0.25, 0.3) is 5.56 Å². The third-order valence-corrected chi connectivity index (χ3v) is 1.96. The zero-order valence-corrected chi connectivity index (χ0v) is 7.60. The smallest absolute Gasteiger partial charge is 0.290 e. The highest BCUT2D eigenvalue weighted by Crippen LogP contribution is 2.21. The van der Waals surface area contributed by atoms with Gasteiger partial charge >= 0.3 is 0 Å². The number of nitrogens with two attached hydrogens (primary N) is 1. The summed E-state index contributed by atoms with van der Waals surface area (Å²) in [6.45, 7) is 0. The first kappa shape index (κ1) is 8.55. The lowest BCUT2D eigenvalue weighted by molar-refractivity contribution is 0.581. The molecule has 2 rings (SSSR count). The highest BCUT2D eigenvalue weighted by molar-refractivity contribution is 5.70. The quantitative estimate of drug-likeness (QED) is 0.717. The molecule has 0 aliphatic heterocycles. The van der Waals surface area contributed by atoms with Gasteiger partial charge in [-0.2, -0.15) is 5.10 Å². The van der Waals surface area contributed by atoms with Gasteiger partial charge in [-0.3, -0.25) is 4.79 Å². The molecule has 0 atom stereocenters. The molecule has 0 unspecified atom stereocenters. The van der Waals surface area contributed by atoms with Crippen LogP contribution in [0, 0.1) is 0 Å². The predicted molar refractivity (Wildman–Crippen MR) is 51.6 cm³/mol. The summed E-state index contributed by atoms with van der Waals surface area (Å²) in [5, 5.41) is 3.86. The van der Waals surface area contributed by atoms with Gasteiger partial charge in [-0.1, -0.05) is 0 Å². The van der Waals surface area contributed by atoms with E-state index in [1.807, 2.05) is 0 Å². The van der Waals surface area contributed by atoms with Crippen LogP contribution in [-0.2, 0) is 7.05 Å². The van der Waals surface area contributed by atoms with Crippen LogP contribution >= 0.6 is 0 Å². The molecule has 14 heavy (non-hydrogen) atoms. The van der Waals surface area contributed by atoms with Crippen LogP contribution in [0.3, 0.4) is 0 Å². The average Bonchev–Trinajstić information content (AvgIpc) is 2.67. The van der Waals surface area contributed by atoms with Gasteiger partial charge < -0.3 is 10.2 Å². The zero-order chi connectivity index (χ0) is 10.1. The summed E-state index contributed by atoms with van der Waals surface area (Å²) < 4.78 is 6.31. The van der Waals surface area contributed by atoms with Crippen LogP contribution in [0.1, 0.15) is 0 Å². The molecule has 5 nitrogen and oxygen atoms in total. The van der Waals surface area contributed by atoms with Crippen LogP contribution in [0.5, 0.6) is 0 Å². The lowest BCUT2D eigenvalue weighted by Gasteiger charge is -2.02. The predicted octanol–water partition coefficient (Wildman–Crippen LogP) is 0.622. The van der Waals surface area contributed by atoms with Crippen LogP contribution in [0.2, 0.25) is 0 Å². The fraction of sp³-hybridized carbons (Fsp3) is 0.111. The van der Waals surface area contributed by atoms with Crippen molar-refractivity contribution >= 4 is 5.69 Å². The second kappa shape index (κ2) is 3.02. The molecule has 2 N–H and O–H groups in total. The molecule has 2 aromatic heterocycles. The molecule has 0 aliphatic carbocycles. The van der Waals surface area contributed by atoms with Gasteiger partial charge in [-0.25, -0.2) is 4.68 Å². The minimum absolute atomic E-state index is 0.150. The van der Waals surface area contributed by atoms with E-state index in [0.29, 0.717) is 11.3 Å². The number of hydrogen-bond donors (Lipinski definition) is 1. The molecule has 0 amide bonds. The van der Waals surface area contributed by atoms with Gasteiger partial charge in [-0.05, 0) is 12.1 Å². The second-order valence-corrected chi connectivity index (χ2v) is 2.88. The summed E-state index contributed by atoms with van der Waals surface area (Å²) in [7, 11) is 1.55. The Labute approximate surface area is 79.8 Å². The van der Waals surface area contributed by atoms with Crippen molar-refractivity contribution in [1.29, 1.82) is 0 Å². The van der Waals surface area contributed by atoms with E-state index < -0.39 is 0 Å². The lowest BCUT2D eigenvalue weighted by Crippen LogP contribution is -2.22. The average molecular weight is 191 g/mol. The maximum atomic E-state index is 11.4. The van der Waals surface area contributed by atoms with Crippen molar-refractivity contribution in [3.8, 4) is 11.3 Å². The van der Waals surface area contributed by atoms with Gasteiger partial charge in [0.15, 0.2) is 0 Å². The van der Waals surface area contributed by atoms with Crippen molar-refractivity contribution in [1.82, 2.24) is 9.78 Å². The minimum atomic E-state index is -0.320. The Morgan fingerprint density at radius 3 is 3.00 bits per heavy atom. The summed E-state index contributed by atoms with van der Waals surface area (Å²) >= 11 is 0. The first-order chi connectivity index (χ1) is 6.70. The molecule has 0 saturated heterocycles. The van der Waals surface area contributed by atoms with Crippen molar-refractivity contribution in [3.63, 3.8) is 0 Å². The number of nitrogens with zero attached hydrogens (tertiary/aromatic N) is 2. The Morgan fingerprint density at radius 2 is 2.36 bits per heavy atom. The maximum Gasteiger partial charge on any atom is 0.290 e. The minimum Gasteiger partial charge on any atom is -0.464 e. The van der Waals surface area contributed by atoms with Crippen molar-refractivity contribution < 1.29 is 4.42 Å². The van der Waals surface area contributed by atoms with Gasteiger partial charge in [-0.15, -0.1) is 0 Å². The first-order valence-corrected chi connectivity index (χ1v) is 4.06. The third-order valence-electron chi connectivity index (χ3n) is 1.96. The largest absolute Gasteiger partial charge is 0.464 e. The van der Waals surface area contributed by atoms with Gasteiger partial charge in [0.1, 0.15) is 11.4 Å². The van der Waals surface area contributed by atoms with Crippen molar-refractivity contribution in [2.45, 2.75) is 0 Å². The Kier molecular flexibility index (Phi) is 1.85. The SMILES string of the molecule is Cn1ncc(-c2ccco2)c(N)c1=O. The van der Waals surface area contributed by atoms with E-state index in [0.717, 1.165) is 0 Å². The number of furan rings is 1. The molecular formula is C9H9N3O2. The van der Waals surface area contributed by atoms with E-state index in [1.54, 1.807) is 19.2 Å². The number of aryl methyl sites for hydroxylation is 1. The van der Waals surface area contributed by atoms with Gasteiger partial charge in [0.05, 0.1) is 18.0 Å². The molecule has 0 aromatic carbocycles. The summed E-state index contributed by atoms with van der Waals surface area (Å²) in [5.41, 5.74) is 6.00. The standard InChI is InChI=1S/C9H9N3O2/c1-12-9(13)8(10)6(5-11-12)7-3-2-4-14-7/h2-5H,10H2,1H3. The van der Waals surface area contributed by atoms with Crippen LogP contribution in [0.15, 0.2) is 33.8 Å². The molecule has 0 bridgehead atoms. The van der Waals surface area contributed by atoms with Gasteiger partial charge in [0.2, 0.25) is 0 Å². The van der Waals surface area contributed by atoms with E-state index in [-0.39, 0.29) is 11.2 Å².